The average molecular weight is 688 g/mol. The molecule has 0 radical (unpaired) electrons. The number of hydrogen-bond donors (Lipinski definition) is 0. The van der Waals surface area contributed by atoms with E-state index in [0.29, 0.717) is 0 Å². The monoisotopic (exact) mass is 687 g/mol. The Morgan fingerprint density at radius 3 is 1.76 bits per heavy atom. The van der Waals surface area contributed by atoms with Crippen LogP contribution >= 0.6 is 0 Å². The first-order valence-corrected chi connectivity index (χ1v) is 18.5. The van der Waals surface area contributed by atoms with Crippen LogP contribution in [0, 0.1) is 0 Å². The Hall–Kier alpha value is -7.16. The number of hydrogen-bond acceptors (Lipinski definition) is 2. The second kappa shape index (κ2) is 12.2. The summed E-state index contributed by atoms with van der Waals surface area (Å²) in [4.78, 5) is 2.38. The predicted molar refractivity (Wildman–Crippen MR) is 229 cm³/mol. The molecule has 0 N–H and O–H groups in total. The van der Waals surface area contributed by atoms with Gasteiger partial charge in [-0.25, -0.2) is 0 Å². The molecule has 0 spiro atoms. The van der Waals surface area contributed by atoms with Gasteiger partial charge in [-0.3, -0.25) is 0 Å². The standard InChI is InChI=1S/C52H33NO/c1-2-11-34(12-3-1)35-23-26-42(27-24-35)53(49-19-10-20-50-52(49)48-31-36-13-4-5-14-37(36)33-51(48)54-50)43-28-25-38-29-41(22-21-39(38)30-43)47-32-40-15-6-7-16-44(40)45-17-8-9-18-46(45)47/h1-33H. The fraction of sp³-hybridized carbons (Fsp3) is 0. The molecule has 0 unspecified atom stereocenters. The highest BCUT2D eigenvalue weighted by atomic mass is 16.3. The van der Waals surface area contributed by atoms with Gasteiger partial charge in [0.2, 0.25) is 0 Å². The van der Waals surface area contributed by atoms with E-state index in [-0.39, 0.29) is 0 Å². The second-order valence-electron chi connectivity index (χ2n) is 14.1. The Kier molecular flexibility index (Phi) is 6.90. The highest BCUT2D eigenvalue weighted by Crippen LogP contribution is 2.45. The first-order chi connectivity index (χ1) is 26.7. The minimum absolute atomic E-state index is 0.872. The van der Waals surface area contributed by atoms with Crippen molar-refractivity contribution in [3.8, 4) is 22.3 Å². The molecular weight excluding hydrogens is 655 g/mol. The van der Waals surface area contributed by atoms with Gasteiger partial charge in [0.1, 0.15) is 11.2 Å². The lowest BCUT2D eigenvalue weighted by Gasteiger charge is -2.27. The highest BCUT2D eigenvalue weighted by molar-refractivity contribution is 6.17. The van der Waals surface area contributed by atoms with Crippen molar-refractivity contribution >= 4 is 82.1 Å². The maximum atomic E-state index is 6.56. The average Bonchev–Trinajstić information content (AvgIpc) is 3.61. The topological polar surface area (TPSA) is 16.4 Å². The van der Waals surface area contributed by atoms with E-state index in [0.717, 1.165) is 39.0 Å². The van der Waals surface area contributed by atoms with Crippen molar-refractivity contribution in [2.45, 2.75) is 0 Å². The fourth-order valence-corrected chi connectivity index (χ4v) is 8.37. The van der Waals surface area contributed by atoms with Crippen LogP contribution in [0.15, 0.2) is 205 Å². The molecule has 1 heterocycles. The third-order valence-corrected chi connectivity index (χ3v) is 11.0. The van der Waals surface area contributed by atoms with Gasteiger partial charge in [0.05, 0.1) is 11.1 Å². The number of fused-ring (bicyclic) bond motifs is 8. The summed E-state index contributed by atoms with van der Waals surface area (Å²) in [6.45, 7) is 0. The molecule has 10 aromatic carbocycles. The van der Waals surface area contributed by atoms with Crippen LogP contribution in [0.4, 0.5) is 17.1 Å². The van der Waals surface area contributed by atoms with Gasteiger partial charge < -0.3 is 9.32 Å². The molecule has 11 rings (SSSR count). The SMILES string of the molecule is c1ccc(-c2ccc(N(c3ccc4cc(-c5cc6ccccc6c6ccccc56)ccc4c3)c3cccc4oc5cc6ccccc6cc5c34)cc2)cc1. The molecule has 54 heavy (non-hydrogen) atoms. The zero-order chi connectivity index (χ0) is 35.6. The molecular formula is C52H33NO. The molecule has 2 heteroatoms. The number of rotatable bonds is 5. The zero-order valence-electron chi connectivity index (χ0n) is 29.4. The van der Waals surface area contributed by atoms with E-state index in [1.165, 1.54) is 65.3 Å². The van der Waals surface area contributed by atoms with E-state index < -0.39 is 0 Å². The molecule has 2 nitrogen and oxygen atoms in total. The third kappa shape index (κ3) is 4.96. The summed E-state index contributed by atoms with van der Waals surface area (Å²) in [5.74, 6) is 0. The summed E-state index contributed by atoms with van der Waals surface area (Å²) in [5, 5.41) is 12.1. The lowest BCUT2D eigenvalue weighted by molar-refractivity contribution is 0.669. The van der Waals surface area contributed by atoms with Crippen LogP contribution in [0.2, 0.25) is 0 Å². The summed E-state index contributed by atoms with van der Waals surface area (Å²) < 4.78 is 6.56. The zero-order valence-corrected chi connectivity index (χ0v) is 29.4. The molecule has 0 atom stereocenters. The van der Waals surface area contributed by atoms with Gasteiger partial charge >= 0.3 is 0 Å². The van der Waals surface area contributed by atoms with Crippen LogP contribution in [0.3, 0.4) is 0 Å². The van der Waals surface area contributed by atoms with E-state index in [1.54, 1.807) is 0 Å². The summed E-state index contributed by atoms with van der Waals surface area (Å²) >= 11 is 0. The van der Waals surface area contributed by atoms with Gasteiger partial charge in [-0.1, -0.05) is 140 Å². The van der Waals surface area contributed by atoms with Crippen molar-refractivity contribution < 1.29 is 4.42 Å². The van der Waals surface area contributed by atoms with Crippen LogP contribution in [0.5, 0.6) is 0 Å². The Morgan fingerprint density at radius 1 is 0.315 bits per heavy atom. The normalized spacial score (nSPS) is 11.7. The summed E-state index contributed by atoms with van der Waals surface area (Å²) in [7, 11) is 0. The van der Waals surface area contributed by atoms with Gasteiger partial charge in [-0.05, 0) is 126 Å². The summed E-state index contributed by atoms with van der Waals surface area (Å²) in [6, 6.07) is 72.3. The number of nitrogens with zero attached hydrogens (tertiary/aromatic N) is 1. The number of anilines is 3. The Balaban J connectivity index is 1.09. The lowest BCUT2D eigenvalue weighted by Crippen LogP contribution is -2.10. The van der Waals surface area contributed by atoms with Crippen molar-refractivity contribution in [3.63, 3.8) is 0 Å². The van der Waals surface area contributed by atoms with Crippen LogP contribution in [0.1, 0.15) is 0 Å². The first-order valence-electron chi connectivity index (χ1n) is 18.5. The molecule has 0 saturated heterocycles. The van der Waals surface area contributed by atoms with Gasteiger partial charge in [0, 0.05) is 16.8 Å². The van der Waals surface area contributed by atoms with E-state index in [4.69, 9.17) is 4.42 Å². The second-order valence-corrected chi connectivity index (χ2v) is 14.1. The van der Waals surface area contributed by atoms with Crippen LogP contribution in [-0.2, 0) is 0 Å². The molecule has 0 fully saturated rings. The Labute approximate surface area is 312 Å². The molecule has 0 bridgehead atoms. The Bertz CT molecular complexity index is 3210. The van der Waals surface area contributed by atoms with Crippen LogP contribution < -0.4 is 4.90 Å². The van der Waals surface area contributed by atoms with Crippen molar-refractivity contribution in [2.24, 2.45) is 0 Å². The molecule has 0 aliphatic rings. The van der Waals surface area contributed by atoms with E-state index in [2.05, 4.69) is 205 Å². The third-order valence-electron chi connectivity index (χ3n) is 11.0. The van der Waals surface area contributed by atoms with Gasteiger partial charge in [0.15, 0.2) is 0 Å². The maximum Gasteiger partial charge on any atom is 0.137 e. The van der Waals surface area contributed by atoms with Crippen molar-refractivity contribution in [2.75, 3.05) is 4.90 Å². The number of benzene rings is 10. The molecule has 252 valence electrons. The first kappa shape index (κ1) is 30.5. The largest absolute Gasteiger partial charge is 0.456 e. The minimum atomic E-state index is 0.872. The molecule has 0 aliphatic heterocycles. The quantitative estimate of drug-likeness (QED) is 0.168. The van der Waals surface area contributed by atoms with Gasteiger partial charge in [-0.2, -0.15) is 0 Å². The number of furan rings is 1. The van der Waals surface area contributed by atoms with Crippen LogP contribution in [0.25, 0.3) is 87.3 Å². The summed E-state index contributed by atoms with van der Waals surface area (Å²) in [5.41, 5.74) is 9.86. The Morgan fingerprint density at radius 2 is 0.926 bits per heavy atom. The smallest absolute Gasteiger partial charge is 0.137 e. The highest BCUT2D eigenvalue weighted by Gasteiger charge is 2.20. The maximum absolute atomic E-state index is 6.56. The molecule has 0 aliphatic carbocycles. The van der Waals surface area contributed by atoms with Crippen molar-refractivity contribution in [1.82, 2.24) is 0 Å². The molecule has 1 aromatic heterocycles. The van der Waals surface area contributed by atoms with E-state index >= 15 is 0 Å². The summed E-state index contributed by atoms with van der Waals surface area (Å²) in [6.07, 6.45) is 0. The van der Waals surface area contributed by atoms with E-state index in [9.17, 15) is 0 Å². The molecule has 0 amide bonds. The van der Waals surface area contributed by atoms with Crippen molar-refractivity contribution in [1.29, 1.82) is 0 Å². The lowest BCUT2D eigenvalue weighted by atomic mass is 9.92. The molecule has 0 saturated carbocycles. The van der Waals surface area contributed by atoms with Gasteiger partial charge in [-0.15, -0.1) is 0 Å². The van der Waals surface area contributed by atoms with Crippen LogP contribution in [-0.4, -0.2) is 0 Å². The van der Waals surface area contributed by atoms with E-state index in [1.807, 2.05) is 0 Å². The molecule has 11 aromatic rings. The predicted octanol–water partition coefficient (Wildman–Crippen LogP) is 15.0. The fourth-order valence-electron chi connectivity index (χ4n) is 8.37. The van der Waals surface area contributed by atoms with Gasteiger partial charge in [0.25, 0.3) is 0 Å². The van der Waals surface area contributed by atoms with Crippen molar-refractivity contribution in [3.05, 3.63) is 200 Å². The minimum Gasteiger partial charge on any atom is -0.456 e.